The number of ether oxygens (including phenoxy) is 1. The van der Waals surface area contributed by atoms with Gasteiger partial charge in [-0.1, -0.05) is 23.2 Å². The second-order valence-electron chi connectivity index (χ2n) is 7.88. The number of carbonyl (C=O) groups excluding carboxylic acids is 2. The molecule has 2 amide bonds. The van der Waals surface area contributed by atoms with Crippen molar-refractivity contribution in [3.05, 3.63) is 80.2 Å². The molecule has 0 atom stereocenters. The van der Waals surface area contributed by atoms with Crippen LogP contribution in [0.25, 0.3) is 5.82 Å². The van der Waals surface area contributed by atoms with Crippen molar-refractivity contribution in [2.75, 3.05) is 5.32 Å². The Morgan fingerprint density at radius 1 is 1.14 bits per heavy atom. The number of anilines is 1. The second kappa shape index (κ2) is 10.5. The lowest BCUT2D eigenvalue weighted by molar-refractivity contribution is 0.0944. The summed E-state index contributed by atoms with van der Waals surface area (Å²) in [5.74, 6) is 0.123. The molecular weight excluding hydrogens is 509 g/mol. The van der Waals surface area contributed by atoms with Crippen molar-refractivity contribution in [3.8, 4) is 17.4 Å². The number of carbonyl (C=O) groups is 2. The van der Waals surface area contributed by atoms with Crippen molar-refractivity contribution in [1.82, 2.24) is 20.1 Å². The van der Waals surface area contributed by atoms with Gasteiger partial charge in [-0.25, -0.2) is 9.67 Å². The molecule has 0 spiro atoms. The number of hydrogen-bond acceptors (Lipinski definition) is 6. The second-order valence-corrected chi connectivity index (χ2v) is 9.50. The molecule has 4 rings (SSSR count). The predicted octanol–water partition coefficient (Wildman–Crippen LogP) is 6.13. The number of nitrogens with one attached hydrogen (secondary N) is 2. The van der Waals surface area contributed by atoms with E-state index < -0.39 is 5.91 Å². The molecule has 0 aliphatic rings. The number of pyridine rings is 1. The molecule has 3 aromatic heterocycles. The van der Waals surface area contributed by atoms with Crippen LogP contribution in [0.5, 0.6) is 11.6 Å². The Bertz CT molecular complexity index is 1390. The minimum absolute atomic E-state index is 0.102. The molecule has 3 heterocycles. The highest BCUT2D eigenvalue weighted by atomic mass is 35.5. The Hall–Kier alpha value is -3.40. The van der Waals surface area contributed by atoms with Gasteiger partial charge in [-0.2, -0.15) is 0 Å². The summed E-state index contributed by atoms with van der Waals surface area (Å²) in [5.41, 5.74) is 1.31. The molecule has 0 radical (unpaired) electrons. The van der Waals surface area contributed by atoms with Crippen LogP contribution in [0, 0.1) is 6.92 Å². The number of rotatable bonds is 7. The number of hydrogen-bond donors (Lipinski definition) is 2. The molecular formula is C24H21Cl2N5O3S. The molecule has 35 heavy (non-hydrogen) atoms. The van der Waals surface area contributed by atoms with Gasteiger partial charge in [0.2, 0.25) is 5.88 Å². The summed E-state index contributed by atoms with van der Waals surface area (Å²) in [5, 5.41) is 14.4. The quantitative estimate of drug-likeness (QED) is 0.300. The maximum Gasteiger partial charge on any atom is 0.274 e. The molecule has 0 saturated heterocycles. The minimum Gasteiger partial charge on any atom is -0.437 e. The summed E-state index contributed by atoms with van der Waals surface area (Å²) in [4.78, 5) is 30.6. The first-order valence-corrected chi connectivity index (χ1v) is 12.3. The van der Waals surface area contributed by atoms with Gasteiger partial charge in [-0.3, -0.25) is 9.59 Å². The summed E-state index contributed by atoms with van der Waals surface area (Å²) in [6.45, 7) is 5.45. The molecule has 0 bridgehead atoms. The van der Waals surface area contributed by atoms with Crippen molar-refractivity contribution in [1.29, 1.82) is 0 Å². The van der Waals surface area contributed by atoms with E-state index in [1.165, 1.54) is 28.2 Å². The SMILES string of the molecule is Cc1cc(Cl)cc(C(=O)NC(C)C)c1NC(=O)c1cc(Oc2ccsc2)nn1-c1ncccc1Cl. The maximum absolute atomic E-state index is 13.5. The first-order valence-electron chi connectivity index (χ1n) is 10.6. The number of aryl methyl sites for hydroxylation is 1. The summed E-state index contributed by atoms with van der Waals surface area (Å²) in [6.07, 6.45) is 1.54. The van der Waals surface area contributed by atoms with Crippen molar-refractivity contribution in [3.63, 3.8) is 0 Å². The molecule has 0 aliphatic carbocycles. The van der Waals surface area contributed by atoms with Crippen LogP contribution in [0.1, 0.15) is 40.3 Å². The van der Waals surface area contributed by atoms with E-state index in [0.29, 0.717) is 27.0 Å². The zero-order chi connectivity index (χ0) is 25.1. The number of nitrogens with zero attached hydrogens (tertiary/aromatic N) is 3. The van der Waals surface area contributed by atoms with Crippen LogP contribution in [0.4, 0.5) is 5.69 Å². The summed E-state index contributed by atoms with van der Waals surface area (Å²) in [6, 6.07) is 9.67. The van der Waals surface area contributed by atoms with Crippen LogP contribution in [0.3, 0.4) is 0 Å². The Morgan fingerprint density at radius 2 is 1.94 bits per heavy atom. The summed E-state index contributed by atoms with van der Waals surface area (Å²) in [7, 11) is 0. The number of halogens is 2. The van der Waals surface area contributed by atoms with Crippen LogP contribution in [-0.2, 0) is 0 Å². The maximum atomic E-state index is 13.5. The molecule has 11 heteroatoms. The fourth-order valence-electron chi connectivity index (χ4n) is 3.30. The molecule has 0 fully saturated rings. The van der Waals surface area contributed by atoms with Gasteiger partial charge in [0.25, 0.3) is 11.8 Å². The Morgan fingerprint density at radius 3 is 2.63 bits per heavy atom. The van der Waals surface area contributed by atoms with Gasteiger partial charge in [0, 0.05) is 28.7 Å². The van der Waals surface area contributed by atoms with Gasteiger partial charge in [-0.05, 0) is 62.0 Å². The lowest BCUT2D eigenvalue weighted by Gasteiger charge is -2.16. The summed E-state index contributed by atoms with van der Waals surface area (Å²) >= 11 is 14.0. The normalized spacial score (nSPS) is 10.9. The van der Waals surface area contributed by atoms with Gasteiger partial charge < -0.3 is 15.4 Å². The van der Waals surface area contributed by atoms with Crippen LogP contribution >= 0.6 is 34.5 Å². The van der Waals surface area contributed by atoms with Gasteiger partial charge in [0.05, 0.1) is 16.3 Å². The first kappa shape index (κ1) is 24.7. The average Bonchev–Trinajstić information content (AvgIpc) is 3.45. The van der Waals surface area contributed by atoms with E-state index >= 15 is 0 Å². The zero-order valence-corrected chi connectivity index (χ0v) is 21.3. The molecule has 0 aliphatic heterocycles. The average molecular weight is 530 g/mol. The van der Waals surface area contributed by atoms with Crippen molar-refractivity contribution >= 4 is 52.0 Å². The third-order valence-corrected chi connectivity index (χ3v) is 5.95. The van der Waals surface area contributed by atoms with Crippen LogP contribution in [-0.4, -0.2) is 32.6 Å². The monoisotopic (exact) mass is 529 g/mol. The lowest BCUT2D eigenvalue weighted by atomic mass is 10.1. The number of amides is 2. The summed E-state index contributed by atoms with van der Waals surface area (Å²) < 4.78 is 7.10. The molecule has 8 nitrogen and oxygen atoms in total. The van der Waals surface area contributed by atoms with E-state index in [9.17, 15) is 9.59 Å². The smallest absolute Gasteiger partial charge is 0.274 e. The van der Waals surface area contributed by atoms with Gasteiger partial charge >= 0.3 is 0 Å². The highest BCUT2D eigenvalue weighted by molar-refractivity contribution is 7.08. The van der Waals surface area contributed by atoms with Crippen LogP contribution in [0.2, 0.25) is 10.0 Å². The lowest BCUT2D eigenvalue weighted by Crippen LogP contribution is -2.31. The number of thiophene rings is 1. The molecule has 4 aromatic rings. The van der Waals surface area contributed by atoms with Gasteiger partial charge in [0.1, 0.15) is 11.4 Å². The van der Waals surface area contributed by atoms with Crippen molar-refractivity contribution in [2.45, 2.75) is 26.8 Å². The van der Waals surface area contributed by atoms with E-state index in [4.69, 9.17) is 27.9 Å². The fraction of sp³-hybridized carbons (Fsp3) is 0.167. The topological polar surface area (TPSA) is 98.1 Å². The van der Waals surface area contributed by atoms with Crippen LogP contribution < -0.4 is 15.4 Å². The zero-order valence-electron chi connectivity index (χ0n) is 19.0. The molecule has 1 aromatic carbocycles. The number of aromatic nitrogens is 3. The molecule has 180 valence electrons. The molecule has 2 N–H and O–H groups in total. The Balaban J connectivity index is 1.75. The van der Waals surface area contributed by atoms with Crippen molar-refractivity contribution in [2.24, 2.45) is 0 Å². The fourth-order valence-corrected chi connectivity index (χ4v) is 4.33. The first-order chi connectivity index (χ1) is 16.7. The van der Waals surface area contributed by atoms with Gasteiger partial charge in [0.15, 0.2) is 5.82 Å². The largest absolute Gasteiger partial charge is 0.437 e. The minimum atomic E-state index is -0.539. The molecule has 0 unspecified atom stereocenters. The predicted molar refractivity (Wildman–Crippen MR) is 138 cm³/mol. The van der Waals surface area contributed by atoms with E-state index in [2.05, 4.69) is 20.7 Å². The Labute approximate surface area is 215 Å². The Kier molecular flexibility index (Phi) is 7.39. The third-order valence-electron chi connectivity index (χ3n) is 4.78. The molecule has 0 saturated carbocycles. The van der Waals surface area contributed by atoms with E-state index in [-0.39, 0.29) is 34.9 Å². The van der Waals surface area contributed by atoms with Gasteiger partial charge in [-0.15, -0.1) is 16.4 Å². The van der Waals surface area contributed by atoms with Crippen LogP contribution in [0.15, 0.2) is 53.4 Å². The highest BCUT2D eigenvalue weighted by Gasteiger charge is 2.24. The number of benzene rings is 1. The third kappa shape index (κ3) is 5.64. The van der Waals surface area contributed by atoms with Crippen molar-refractivity contribution < 1.29 is 14.3 Å². The van der Waals surface area contributed by atoms with E-state index in [1.54, 1.807) is 37.4 Å². The van der Waals surface area contributed by atoms with E-state index in [0.717, 1.165) is 0 Å². The van der Waals surface area contributed by atoms with E-state index in [1.807, 2.05) is 24.6 Å². The highest BCUT2D eigenvalue weighted by Crippen LogP contribution is 2.29. The standard InChI is InChI=1S/C24H21Cl2N5O3S/c1-13(2)28-23(32)17-10-15(25)9-14(3)21(17)29-24(33)19-11-20(34-16-6-8-35-12-16)30-31(19)22-18(26)5-4-7-27-22/h4-13H,1-3H3,(H,28,32)(H,29,33).